The molecule has 0 saturated heterocycles. The van der Waals surface area contributed by atoms with Gasteiger partial charge in [0, 0.05) is 13.0 Å². The second kappa shape index (κ2) is 2.42. The van der Waals surface area contributed by atoms with E-state index in [0.29, 0.717) is 18.9 Å². The molecule has 1 aromatic heterocycles. The second-order valence-corrected chi connectivity index (χ2v) is 1.33. The summed E-state index contributed by atoms with van der Waals surface area (Å²) in [6, 6.07) is 0. The zero-order valence-electron chi connectivity index (χ0n) is 4.29. The zero-order valence-corrected chi connectivity index (χ0v) is 4.29. The third-order valence-corrected chi connectivity index (χ3v) is 0.725. The predicted octanol–water partition coefficient (Wildman–Crippen LogP) is -0.629. The van der Waals surface area contributed by atoms with E-state index >= 15 is 0 Å². The molecule has 0 aliphatic carbocycles. The van der Waals surface area contributed by atoms with Crippen LogP contribution in [0.4, 0.5) is 0 Å². The first-order chi connectivity index (χ1) is 3.93. The van der Waals surface area contributed by atoms with E-state index in [2.05, 4.69) is 21.0 Å². The Kier molecular flexibility index (Phi) is 1.58. The minimum Gasteiger partial charge on any atom is -0.339 e. The Hall–Kier alpha value is -0.900. The van der Waals surface area contributed by atoms with Crippen LogP contribution in [0.25, 0.3) is 0 Å². The van der Waals surface area contributed by atoms with Gasteiger partial charge >= 0.3 is 0 Å². The van der Waals surface area contributed by atoms with Crippen molar-refractivity contribution in [3.05, 3.63) is 12.2 Å². The number of aromatic nitrogens is 2. The van der Waals surface area contributed by atoms with Crippen LogP contribution in [-0.4, -0.2) is 16.7 Å². The van der Waals surface area contributed by atoms with Crippen LogP contribution < -0.4 is 5.73 Å². The minimum absolute atomic E-state index is 0.538. The van der Waals surface area contributed by atoms with Gasteiger partial charge in [0.25, 0.3) is 0 Å². The van der Waals surface area contributed by atoms with E-state index in [1.54, 1.807) is 0 Å². The summed E-state index contributed by atoms with van der Waals surface area (Å²) in [4.78, 5) is 3.62. The topological polar surface area (TPSA) is 64.9 Å². The smallest absolute Gasteiger partial charge is 0.243 e. The number of rotatable bonds is 2. The molecule has 0 amide bonds. The number of hydrogen-bond acceptors (Lipinski definition) is 4. The highest BCUT2D eigenvalue weighted by molar-refractivity contribution is 4.72. The molecule has 2 N–H and O–H groups in total. The molecule has 0 saturated carbocycles. The van der Waals surface area contributed by atoms with Gasteiger partial charge in [-0.1, -0.05) is 5.16 Å². The summed E-state index contributed by atoms with van der Waals surface area (Å²) in [5, 5.41) is 3.27. The molecule has 43 valence electrons. The van der Waals surface area contributed by atoms with Gasteiger partial charge in [0.05, 0.1) is 0 Å². The standard InChI is InChI=1S/C4H6N3O/c5-2-1-4-6-3-7-8-4/h1-2,5H2. The maximum atomic E-state index is 5.18. The number of hydrogen-bond donors (Lipinski definition) is 1. The van der Waals surface area contributed by atoms with Crippen LogP contribution in [0.1, 0.15) is 5.89 Å². The highest BCUT2D eigenvalue weighted by atomic mass is 16.5. The van der Waals surface area contributed by atoms with Crippen LogP contribution >= 0.6 is 0 Å². The number of nitrogens with two attached hydrogens (primary N) is 1. The fourth-order valence-corrected chi connectivity index (χ4v) is 0.395. The first-order valence-corrected chi connectivity index (χ1v) is 2.32. The average Bonchev–Trinajstić information content (AvgIpc) is 2.19. The van der Waals surface area contributed by atoms with Crippen molar-refractivity contribution in [2.75, 3.05) is 6.54 Å². The molecular formula is C4H6N3O. The molecule has 0 atom stereocenters. The Labute approximate surface area is 46.7 Å². The molecule has 0 spiro atoms. The molecule has 1 rings (SSSR count). The summed E-state index contributed by atoms with van der Waals surface area (Å²) in [5.74, 6) is 0.549. The zero-order chi connectivity index (χ0) is 5.82. The summed E-state index contributed by atoms with van der Waals surface area (Å²) >= 11 is 0. The van der Waals surface area contributed by atoms with Crippen molar-refractivity contribution >= 4 is 0 Å². The van der Waals surface area contributed by atoms with E-state index in [1.165, 1.54) is 0 Å². The Morgan fingerprint density at radius 3 is 3.12 bits per heavy atom. The van der Waals surface area contributed by atoms with Crippen LogP contribution in [0.2, 0.25) is 0 Å². The van der Waals surface area contributed by atoms with Crippen molar-refractivity contribution in [1.82, 2.24) is 10.1 Å². The molecule has 1 radical (unpaired) electrons. The quantitative estimate of drug-likeness (QED) is 0.553. The van der Waals surface area contributed by atoms with Gasteiger partial charge in [-0.2, -0.15) is 4.98 Å². The first kappa shape index (κ1) is 5.24. The fraction of sp³-hybridized carbons (Fsp3) is 0.500. The Bertz CT molecular complexity index is 137. The van der Waals surface area contributed by atoms with Gasteiger partial charge in [0.15, 0.2) is 0 Å². The van der Waals surface area contributed by atoms with Crippen LogP contribution in [0.3, 0.4) is 0 Å². The highest BCUT2D eigenvalue weighted by Gasteiger charge is 1.93. The molecule has 0 unspecified atom stereocenters. The lowest BCUT2D eigenvalue weighted by molar-refractivity contribution is 0.378. The average molecular weight is 112 g/mol. The van der Waals surface area contributed by atoms with E-state index in [0.717, 1.165) is 0 Å². The molecule has 0 fully saturated rings. The Morgan fingerprint density at radius 1 is 1.75 bits per heavy atom. The van der Waals surface area contributed by atoms with E-state index < -0.39 is 0 Å². The van der Waals surface area contributed by atoms with Gasteiger partial charge < -0.3 is 10.3 Å². The number of nitrogens with zero attached hydrogens (tertiary/aromatic N) is 2. The Morgan fingerprint density at radius 2 is 2.62 bits per heavy atom. The van der Waals surface area contributed by atoms with Crippen molar-refractivity contribution in [2.45, 2.75) is 6.42 Å². The highest BCUT2D eigenvalue weighted by Crippen LogP contribution is 1.87. The van der Waals surface area contributed by atoms with Gasteiger partial charge in [-0.05, 0) is 0 Å². The normalized spacial score (nSPS) is 9.62. The SMILES string of the molecule is NCCc1n[c]no1. The third-order valence-electron chi connectivity index (χ3n) is 0.725. The van der Waals surface area contributed by atoms with Crippen molar-refractivity contribution in [1.29, 1.82) is 0 Å². The van der Waals surface area contributed by atoms with Crippen molar-refractivity contribution in [3.63, 3.8) is 0 Å². The van der Waals surface area contributed by atoms with Crippen molar-refractivity contribution in [2.24, 2.45) is 5.73 Å². The maximum Gasteiger partial charge on any atom is 0.243 e. The van der Waals surface area contributed by atoms with Crippen LogP contribution in [-0.2, 0) is 6.42 Å². The molecule has 0 bridgehead atoms. The molecular weight excluding hydrogens is 106 g/mol. The summed E-state index contributed by atoms with van der Waals surface area (Å²) in [5.41, 5.74) is 5.18. The first-order valence-electron chi connectivity index (χ1n) is 2.32. The molecule has 4 heteroatoms. The van der Waals surface area contributed by atoms with E-state index in [4.69, 9.17) is 5.73 Å². The molecule has 0 aliphatic heterocycles. The largest absolute Gasteiger partial charge is 0.339 e. The summed E-state index contributed by atoms with van der Waals surface area (Å²) < 4.78 is 4.58. The molecule has 0 aliphatic rings. The monoisotopic (exact) mass is 112 g/mol. The van der Waals surface area contributed by atoms with E-state index in [1.807, 2.05) is 0 Å². The molecule has 4 nitrogen and oxygen atoms in total. The van der Waals surface area contributed by atoms with Crippen molar-refractivity contribution < 1.29 is 4.52 Å². The predicted molar refractivity (Wildman–Crippen MR) is 25.9 cm³/mol. The Balaban J connectivity index is 2.50. The van der Waals surface area contributed by atoms with Crippen LogP contribution in [0.15, 0.2) is 4.52 Å². The van der Waals surface area contributed by atoms with Gasteiger partial charge in [-0.25, -0.2) is 0 Å². The van der Waals surface area contributed by atoms with Gasteiger partial charge in [0.1, 0.15) is 0 Å². The third kappa shape index (κ3) is 1.04. The van der Waals surface area contributed by atoms with Crippen molar-refractivity contribution in [3.8, 4) is 0 Å². The van der Waals surface area contributed by atoms with E-state index in [9.17, 15) is 0 Å². The van der Waals surface area contributed by atoms with Crippen LogP contribution in [0.5, 0.6) is 0 Å². The summed E-state index contributed by atoms with van der Waals surface area (Å²) in [6.07, 6.45) is 2.93. The molecule has 1 aromatic rings. The fourth-order valence-electron chi connectivity index (χ4n) is 0.395. The second-order valence-electron chi connectivity index (χ2n) is 1.33. The summed E-state index contributed by atoms with van der Waals surface area (Å²) in [6.45, 7) is 0.538. The lowest BCUT2D eigenvalue weighted by Gasteiger charge is -1.82. The lowest BCUT2D eigenvalue weighted by atomic mass is 10.4. The van der Waals surface area contributed by atoms with Crippen LogP contribution in [0, 0.1) is 6.33 Å². The van der Waals surface area contributed by atoms with E-state index in [-0.39, 0.29) is 0 Å². The molecule has 1 heterocycles. The van der Waals surface area contributed by atoms with Gasteiger partial charge in [-0.15, -0.1) is 0 Å². The maximum absolute atomic E-state index is 5.18. The molecule has 0 aromatic carbocycles. The minimum atomic E-state index is 0.538. The summed E-state index contributed by atoms with van der Waals surface area (Å²) in [7, 11) is 0. The molecule has 8 heavy (non-hydrogen) atoms. The van der Waals surface area contributed by atoms with Gasteiger partial charge in [-0.3, -0.25) is 0 Å². The lowest BCUT2D eigenvalue weighted by Crippen LogP contribution is -2.02. The van der Waals surface area contributed by atoms with Gasteiger partial charge in [0.2, 0.25) is 12.2 Å².